The van der Waals surface area contributed by atoms with Gasteiger partial charge < -0.3 is 19.7 Å². The van der Waals surface area contributed by atoms with Gasteiger partial charge in [0.15, 0.2) is 5.82 Å². The smallest absolute Gasteiger partial charge is 0.240 e. The Morgan fingerprint density at radius 2 is 2.16 bits per heavy atom. The third kappa shape index (κ3) is 3.99. The number of hydrogen-bond acceptors (Lipinski definition) is 6. The normalized spacial score (nSPS) is 18.6. The minimum atomic E-state index is -0.268. The van der Waals surface area contributed by atoms with Gasteiger partial charge in [-0.1, -0.05) is 18.5 Å². The zero-order valence-corrected chi connectivity index (χ0v) is 11.5. The van der Waals surface area contributed by atoms with Crippen molar-refractivity contribution in [1.82, 2.24) is 15.5 Å². The van der Waals surface area contributed by atoms with Gasteiger partial charge in [0, 0.05) is 25.2 Å². The molecular weight excluding hydrogens is 246 g/mol. The summed E-state index contributed by atoms with van der Waals surface area (Å²) in [6.07, 6.45) is 4.67. The van der Waals surface area contributed by atoms with Crippen molar-refractivity contribution in [3.05, 3.63) is 11.7 Å². The van der Waals surface area contributed by atoms with Crippen LogP contribution in [0.4, 0.5) is 0 Å². The molecule has 1 aromatic rings. The van der Waals surface area contributed by atoms with Gasteiger partial charge in [-0.2, -0.15) is 4.98 Å². The summed E-state index contributed by atoms with van der Waals surface area (Å²) in [7, 11) is 0. The Bertz CT molecular complexity index is 375. The third-order valence-electron chi connectivity index (χ3n) is 3.63. The van der Waals surface area contributed by atoms with Crippen LogP contribution in [-0.2, 0) is 17.7 Å². The Hall–Kier alpha value is -0.980. The van der Waals surface area contributed by atoms with E-state index < -0.39 is 0 Å². The molecule has 0 bridgehead atoms. The second-order valence-corrected chi connectivity index (χ2v) is 5.11. The molecule has 0 radical (unpaired) electrons. The lowest BCUT2D eigenvalue weighted by molar-refractivity contribution is 0.0100. The number of rotatable bonds is 7. The lowest BCUT2D eigenvalue weighted by atomic mass is 9.91. The molecule has 108 valence electrons. The van der Waals surface area contributed by atoms with Crippen molar-refractivity contribution in [1.29, 1.82) is 0 Å². The van der Waals surface area contributed by atoms with Crippen molar-refractivity contribution in [2.75, 3.05) is 19.8 Å². The second-order valence-electron chi connectivity index (χ2n) is 5.11. The van der Waals surface area contributed by atoms with Gasteiger partial charge in [-0.25, -0.2) is 0 Å². The molecule has 1 aliphatic heterocycles. The maximum atomic E-state index is 9.56. The van der Waals surface area contributed by atoms with Crippen LogP contribution in [0.3, 0.4) is 0 Å². The Morgan fingerprint density at radius 1 is 1.37 bits per heavy atom. The van der Waals surface area contributed by atoms with Crippen molar-refractivity contribution in [2.45, 2.75) is 51.1 Å². The summed E-state index contributed by atoms with van der Waals surface area (Å²) < 4.78 is 10.5. The van der Waals surface area contributed by atoms with E-state index in [1.165, 1.54) is 0 Å². The molecule has 1 fully saturated rings. The summed E-state index contributed by atoms with van der Waals surface area (Å²) in [5, 5.41) is 16.9. The monoisotopic (exact) mass is 269 g/mol. The fraction of sp³-hybridized carbons (Fsp3) is 0.846. The predicted molar refractivity (Wildman–Crippen MR) is 69.6 cm³/mol. The van der Waals surface area contributed by atoms with Crippen LogP contribution >= 0.6 is 0 Å². The Balaban J connectivity index is 1.84. The fourth-order valence-corrected chi connectivity index (χ4v) is 2.21. The van der Waals surface area contributed by atoms with E-state index in [0.717, 1.165) is 37.9 Å². The topological polar surface area (TPSA) is 80.4 Å². The van der Waals surface area contributed by atoms with E-state index in [1.54, 1.807) is 0 Å². The lowest BCUT2D eigenvalue weighted by Gasteiger charge is -2.36. The average Bonchev–Trinajstić information content (AvgIpc) is 2.92. The van der Waals surface area contributed by atoms with Crippen molar-refractivity contribution >= 4 is 0 Å². The molecule has 0 unspecified atom stereocenters. The summed E-state index contributed by atoms with van der Waals surface area (Å²) in [4.78, 5) is 4.34. The van der Waals surface area contributed by atoms with E-state index >= 15 is 0 Å². The lowest BCUT2D eigenvalue weighted by Crippen LogP contribution is -2.51. The molecule has 2 rings (SSSR count). The van der Waals surface area contributed by atoms with Crippen LogP contribution in [0, 0.1) is 0 Å². The first-order valence-corrected chi connectivity index (χ1v) is 7.03. The maximum Gasteiger partial charge on any atom is 0.240 e. The van der Waals surface area contributed by atoms with Gasteiger partial charge in [0.05, 0.1) is 13.2 Å². The van der Waals surface area contributed by atoms with Gasteiger partial charge in [0.2, 0.25) is 5.89 Å². The minimum Gasteiger partial charge on any atom is -0.394 e. The van der Waals surface area contributed by atoms with E-state index in [2.05, 4.69) is 22.4 Å². The first-order chi connectivity index (χ1) is 9.28. The highest BCUT2D eigenvalue weighted by Crippen LogP contribution is 2.20. The molecule has 0 aliphatic carbocycles. The SMILES string of the molecule is CCCCc1noc(CNC2(CO)CCOCC2)n1. The number of unbranched alkanes of at least 4 members (excludes halogenated alkanes) is 1. The van der Waals surface area contributed by atoms with Gasteiger partial charge in [-0.15, -0.1) is 0 Å². The predicted octanol–water partition coefficient (Wildman–Crippen LogP) is 1.04. The molecule has 1 aromatic heterocycles. The molecule has 1 saturated heterocycles. The molecule has 2 heterocycles. The Labute approximate surface area is 113 Å². The number of nitrogens with one attached hydrogen (secondary N) is 1. The molecule has 2 N–H and O–H groups in total. The largest absolute Gasteiger partial charge is 0.394 e. The van der Waals surface area contributed by atoms with E-state index in [9.17, 15) is 5.11 Å². The number of aliphatic hydroxyl groups excluding tert-OH is 1. The fourth-order valence-electron chi connectivity index (χ4n) is 2.21. The average molecular weight is 269 g/mol. The molecule has 0 spiro atoms. The number of hydrogen-bond donors (Lipinski definition) is 2. The van der Waals surface area contributed by atoms with Gasteiger partial charge in [-0.3, -0.25) is 0 Å². The van der Waals surface area contributed by atoms with Crippen molar-refractivity contribution in [2.24, 2.45) is 0 Å². The van der Waals surface area contributed by atoms with Crippen LogP contribution in [0.15, 0.2) is 4.52 Å². The van der Waals surface area contributed by atoms with E-state index in [0.29, 0.717) is 25.6 Å². The Kier molecular flexibility index (Phi) is 5.30. The molecule has 19 heavy (non-hydrogen) atoms. The number of aryl methyl sites for hydroxylation is 1. The van der Waals surface area contributed by atoms with Gasteiger partial charge in [-0.05, 0) is 19.3 Å². The molecule has 6 nitrogen and oxygen atoms in total. The molecule has 0 atom stereocenters. The molecule has 0 aromatic carbocycles. The van der Waals surface area contributed by atoms with E-state index in [-0.39, 0.29) is 12.1 Å². The maximum absolute atomic E-state index is 9.56. The molecule has 0 amide bonds. The van der Waals surface area contributed by atoms with Gasteiger partial charge >= 0.3 is 0 Å². The van der Waals surface area contributed by atoms with Crippen molar-refractivity contribution in [3.63, 3.8) is 0 Å². The third-order valence-corrected chi connectivity index (χ3v) is 3.63. The molecule has 6 heteroatoms. The first kappa shape index (κ1) is 14.4. The summed E-state index contributed by atoms with van der Waals surface area (Å²) in [5.74, 6) is 1.36. The zero-order valence-electron chi connectivity index (χ0n) is 11.5. The Morgan fingerprint density at radius 3 is 2.84 bits per heavy atom. The highest BCUT2D eigenvalue weighted by molar-refractivity contribution is 4.93. The minimum absolute atomic E-state index is 0.104. The van der Waals surface area contributed by atoms with Crippen LogP contribution in [0.5, 0.6) is 0 Å². The van der Waals surface area contributed by atoms with Crippen molar-refractivity contribution in [3.8, 4) is 0 Å². The second kappa shape index (κ2) is 6.98. The number of ether oxygens (including phenoxy) is 1. The van der Waals surface area contributed by atoms with Gasteiger partial charge in [0.1, 0.15) is 0 Å². The van der Waals surface area contributed by atoms with Crippen LogP contribution in [0.1, 0.15) is 44.3 Å². The first-order valence-electron chi connectivity index (χ1n) is 7.03. The standard InChI is InChI=1S/C13H23N3O3/c1-2-3-4-11-15-12(19-16-11)9-14-13(10-17)5-7-18-8-6-13/h14,17H,2-10H2,1H3. The summed E-state index contributed by atoms with van der Waals surface area (Å²) >= 11 is 0. The number of aromatic nitrogens is 2. The quantitative estimate of drug-likeness (QED) is 0.770. The van der Waals surface area contributed by atoms with E-state index in [1.807, 2.05) is 0 Å². The van der Waals surface area contributed by atoms with Crippen LogP contribution < -0.4 is 5.32 Å². The highest BCUT2D eigenvalue weighted by atomic mass is 16.5. The van der Waals surface area contributed by atoms with Crippen LogP contribution in [-0.4, -0.2) is 40.6 Å². The number of nitrogens with zero attached hydrogens (tertiary/aromatic N) is 2. The van der Waals surface area contributed by atoms with Crippen molar-refractivity contribution < 1.29 is 14.4 Å². The van der Waals surface area contributed by atoms with Crippen LogP contribution in [0.2, 0.25) is 0 Å². The van der Waals surface area contributed by atoms with E-state index in [4.69, 9.17) is 9.26 Å². The molecule has 0 saturated carbocycles. The van der Waals surface area contributed by atoms with Gasteiger partial charge in [0.25, 0.3) is 0 Å². The highest BCUT2D eigenvalue weighted by Gasteiger charge is 2.31. The zero-order chi connectivity index (χ0) is 13.6. The molecule has 1 aliphatic rings. The molecular formula is C13H23N3O3. The van der Waals surface area contributed by atoms with Crippen LogP contribution in [0.25, 0.3) is 0 Å². The summed E-state index contributed by atoms with van der Waals surface area (Å²) in [6.45, 7) is 4.10. The number of aliphatic hydroxyl groups is 1. The summed E-state index contributed by atoms with van der Waals surface area (Å²) in [6, 6.07) is 0. The summed E-state index contributed by atoms with van der Waals surface area (Å²) in [5.41, 5.74) is -0.268.